The van der Waals surface area contributed by atoms with E-state index < -0.39 is 5.82 Å². The van der Waals surface area contributed by atoms with Gasteiger partial charge in [0, 0.05) is 36.3 Å². The molecule has 0 fully saturated rings. The van der Waals surface area contributed by atoms with Crippen molar-refractivity contribution in [1.29, 1.82) is 0 Å². The minimum absolute atomic E-state index is 0.0105. The Kier molecular flexibility index (Phi) is 4.91. The molecule has 3 aromatic rings. The number of hydrogen-bond acceptors (Lipinski definition) is 4. The van der Waals surface area contributed by atoms with E-state index in [1.54, 1.807) is 0 Å². The lowest BCUT2D eigenvalue weighted by Crippen LogP contribution is -2.35. The maximum atomic E-state index is 13.7. The molecule has 0 radical (unpaired) electrons. The molecule has 7 heteroatoms. The number of hydrogen-bond donors (Lipinski definition) is 2. The second-order valence-corrected chi connectivity index (χ2v) is 7.47. The van der Waals surface area contributed by atoms with Crippen LogP contribution < -0.4 is 5.56 Å². The molecule has 0 spiro atoms. The van der Waals surface area contributed by atoms with Gasteiger partial charge in [-0.15, -0.1) is 0 Å². The largest absolute Gasteiger partial charge is 0.506 e. The fourth-order valence-electron chi connectivity index (χ4n) is 3.46. The molecule has 2 N–H and O–H groups in total. The number of fused-ring (bicyclic) bond motifs is 1. The van der Waals surface area contributed by atoms with E-state index >= 15 is 0 Å². The van der Waals surface area contributed by atoms with Gasteiger partial charge in [0.1, 0.15) is 17.4 Å². The van der Waals surface area contributed by atoms with Gasteiger partial charge in [-0.2, -0.15) is 0 Å². The molecule has 1 aliphatic heterocycles. The highest BCUT2D eigenvalue weighted by Crippen LogP contribution is 2.30. The van der Waals surface area contributed by atoms with E-state index in [0.717, 1.165) is 17.2 Å². The molecule has 2 heterocycles. The summed E-state index contributed by atoms with van der Waals surface area (Å²) in [6.45, 7) is 3.36. The average Bonchev–Trinajstić information content (AvgIpc) is 2.66. The summed E-state index contributed by atoms with van der Waals surface area (Å²) < 4.78 is 13.7. The molecular formula is C21H19ClFN3O2. The van der Waals surface area contributed by atoms with Crippen LogP contribution in [0.1, 0.15) is 22.4 Å². The Morgan fingerprint density at radius 2 is 2.04 bits per heavy atom. The molecule has 0 amide bonds. The van der Waals surface area contributed by atoms with E-state index in [0.29, 0.717) is 48.7 Å². The number of benzene rings is 2. The van der Waals surface area contributed by atoms with Crippen molar-refractivity contribution < 1.29 is 9.50 Å². The molecule has 0 unspecified atom stereocenters. The van der Waals surface area contributed by atoms with Gasteiger partial charge in [0.05, 0.1) is 10.7 Å². The number of aromatic hydroxyl groups is 1. The van der Waals surface area contributed by atoms with Crippen LogP contribution in [-0.2, 0) is 19.5 Å². The van der Waals surface area contributed by atoms with Crippen LogP contribution in [-0.4, -0.2) is 26.5 Å². The van der Waals surface area contributed by atoms with Crippen molar-refractivity contribution in [3.05, 3.63) is 80.0 Å². The maximum Gasteiger partial charge on any atom is 0.254 e. The van der Waals surface area contributed by atoms with Crippen LogP contribution in [0.3, 0.4) is 0 Å². The van der Waals surface area contributed by atoms with Gasteiger partial charge in [-0.25, -0.2) is 9.37 Å². The van der Waals surface area contributed by atoms with Gasteiger partial charge in [0.15, 0.2) is 0 Å². The molecule has 0 bridgehead atoms. The van der Waals surface area contributed by atoms with Crippen molar-refractivity contribution in [1.82, 2.24) is 14.9 Å². The smallest absolute Gasteiger partial charge is 0.254 e. The molecule has 5 nitrogen and oxygen atoms in total. The number of rotatable bonds is 3. The number of nitrogens with one attached hydrogen (secondary N) is 1. The molecule has 28 heavy (non-hydrogen) atoms. The van der Waals surface area contributed by atoms with Gasteiger partial charge < -0.3 is 10.1 Å². The molecule has 1 aromatic heterocycles. The summed E-state index contributed by atoms with van der Waals surface area (Å²) in [5.74, 6) is -0.0817. The molecular weight excluding hydrogens is 381 g/mol. The first-order valence-electron chi connectivity index (χ1n) is 8.99. The van der Waals surface area contributed by atoms with Crippen LogP contribution in [0.5, 0.6) is 5.75 Å². The van der Waals surface area contributed by atoms with E-state index in [1.807, 2.05) is 36.1 Å². The zero-order chi connectivity index (χ0) is 19.8. The lowest BCUT2D eigenvalue weighted by Gasteiger charge is -2.28. The Morgan fingerprint density at radius 1 is 1.29 bits per heavy atom. The quantitative estimate of drug-likeness (QED) is 0.702. The lowest BCUT2D eigenvalue weighted by molar-refractivity contribution is 0.237. The fourth-order valence-corrected chi connectivity index (χ4v) is 3.68. The van der Waals surface area contributed by atoms with Gasteiger partial charge in [-0.05, 0) is 25.5 Å². The molecule has 144 valence electrons. The molecule has 4 rings (SSSR count). The van der Waals surface area contributed by atoms with Crippen molar-refractivity contribution in [3.63, 3.8) is 0 Å². The van der Waals surface area contributed by atoms with Crippen LogP contribution in [0.2, 0.25) is 5.02 Å². The number of aromatic nitrogens is 2. The second-order valence-electron chi connectivity index (χ2n) is 7.06. The molecule has 2 aromatic carbocycles. The van der Waals surface area contributed by atoms with Crippen LogP contribution in [0.25, 0.3) is 11.4 Å². The van der Waals surface area contributed by atoms with Crippen LogP contribution in [0, 0.1) is 12.7 Å². The topological polar surface area (TPSA) is 69.2 Å². The van der Waals surface area contributed by atoms with Crippen LogP contribution in [0.4, 0.5) is 4.39 Å². The van der Waals surface area contributed by atoms with Crippen molar-refractivity contribution in [3.8, 4) is 17.1 Å². The lowest BCUT2D eigenvalue weighted by atomic mass is 10.0. The van der Waals surface area contributed by atoms with Gasteiger partial charge in [-0.3, -0.25) is 9.69 Å². The van der Waals surface area contributed by atoms with Crippen molar-refractivity contribution >= 4 is 11.6 Å². The third kappa shape index (κ3) is 3.66. The summed E-state index contributed by atoms with van der Waals surface area (Å²) >= 11 is 5.87. The summed E-state index contributed by atoms with van der Waals surface area (Å²) in [6, 6.07) is 10.1. The van der Waals surface area contributed by atoms with E-state index in [2.05, 4.69) is 9.97 Å². The third-order valence-corrected chi connectivity index (χ3v) is 5.27. The average molecular weight is 400 g/mol. The predicted octanol–water partition coefficient (Wildman–Crippen LogP) is 3.80. The Labute approximate surface area is 166 Å². The monoisotopic (exact) mass is 399 g/mol. The van der Waals surface area contributed by atoms with Crippen LogP contribution in [0.15, 0.2) is 41.2 Å². The van der Waals surface area contributed by atoms with Crippen molar-refractivity contribution in [2.24, 2.45) is 0 Å². The standard InChI is InChI=1S/C21H19ClFN3O2/c1-12-2-4-13(5-3-12)20-24-18-11-26(7-6-16(18)21(28)25-20)10-14-8-15(23)9-17(22)19(14)27/h2-5,8-9,27H,6-7,10-11H2,1H3,(H,24,25,28). The van der Waals surface area contributed by atoms with Crippen molar-refractivity contribution in [2.45, 2.75) is 26.4 Å². The third-order valence-electron chi connectivity index (χ3n) is 4.98. The van der Waals surface area contributed by atoms with Crippen molar-refractivity contribution in [2.75, 3.05) is 6.54 Å². The van der Waals surface area contributed by atoms with Crippen LogP contribution >= 0.6 is 11.6 Å². The normalized spacial score (nSPS) is 14.1. The molecule has 1 aliphatic rings. The van der Waals surface area contributed by atoms with Gasteiger partial charge in [0.2, 0.25) is 0 Å². The molecule has 0 atom stereocenters. The summed E-state index contributed by atoms with van der Waals surface area (Å²) in [7, 11) is 0. The number of halogens is 2. The number of H-pyrrole nitrogens is 1. The van der Waals surface area contributed by atoms with Gasteiger partial charge >= 0.3 is 0 Å². The first-order chi connectivity index (χ1) is 13.4. The molecule has 0 saturated carbocycles. The molecule has 0 saturated heterocycles. The number of phenolic OH excluding ortho intramolecular Hbond substituents is 1. The second kappa shape index (κ2) is 7.37. The number of phenols is 1. The van der Waals surface area contributed by atoms with Gasteiger partial charge in [0.25, 0.3) is 5.56 Å². The Hall–Kier alpha value is -2.70. The summed E-state index contributed by atoms with van der Waals surface area (Å²) in [5.41, 5.74) is 3.64. The minimum atomic E-state index is -0.494. The highest BCUT2D eigenvalue weighted by atomic mass is 35.5. The summed E-state index contributed by atoms with van der Waals surface area (Å²) in [4.78, 5) is 22.1. The zero-order valence-corrected chi connectivity index (χ0v) is 16.1. The SMILES string of the molecule is Cc1ccc(-c2nc3c(c(=O)[nH]2)CCN(Cc2cc(F)cc(Cl)c2O)C3)cc1. The van der Waals surface area contributed by atoms with E-state index in [-0.39, 0.29) is 16.3 Å². The Morgan fingerprint density at radius 3 is 2.79 bits per heavy atom. The maximum absolute atomic E-state index is 13.7. The number of aromatic amines is 1. The fraction of sp³-hybridized carbons (Fsp3) is 0.238. The number of aryl methyl sites for hydroxylation is 1. The first-order valence-corrected chi connectivity index (χ1v) is 9.37. The Bertz CT molecular complexity index is 1100. The zero-order valence-electron chi connectivity index (χ0n) is 15.3. The highest BCUT2D eigenvalue weighted by molar-refractivity contribution is 6.32. The minimum Gasteiger partial charge on any atom is -0.506 e. The summed E-state index contributed by atoms with van der Waals surface area (Å²) in [6.07, 6.45) is 0.537. The van der Waals surface area contributed by atoms with E-state index in [9.17, 15) is 14.3 Å². The van der Waals surface area contributed by atoms with E-state index in [4.69, 9.17) is 11.6 Å². The summed E-state index contributed by atoms with van der Waals surface area (Å²) in [5, 5.41) is 10.1. The van der Waals surface area contributed by atoms with Gasteiger partial charge in [-0.1, -0.05) is 41.4 Å². The van der Waals surface area contributed by atoms with E-state index in [1.165, 1.54) is 6.07 Å². The highest BCUT2D eigenvalue weighted by Gasteiger charge is 2.23. The first kappa shape index (κ1) is 18.7. The Balaban J connectivity index is 1.63. The predicted molar refractivity (Wildman–Crippen MR) is 106 cm³/mol. The molecule has 0 aliphatic carbocycles. The number of nitrogens with zero attached hydrogens (tertiary/aromatic N) is 2.